The van der Waals surface area contributed by atoms with E-state index in [-0.39, 0.29) is 10.8 Å². The molecule has 6 nitrogen and oxygen atoms in total. The molecule has 4 heterocycles. The van der Waals surface area contributed by atoms with Crippen LogP contribution in [0.15, 0.2) is 182 Å². The van der Waals surface area contributed by atoms with Gasteiger partial charge in [-0.15, -0.1) is 0 Å². The quantitative estimate of drug-likeness (QED) is 0.173. The fraction of sp³-hybridized carbons (Fsp3) is 0.136. The Kier molecular flexibility index (Phi) is 8.57. The lowest BCUT2D eigenvalue weighted by Crippen LogP contribution is -2.11. The second-order valence-corrected chi connectivity index (χ2v) is 19.4. The summed E-state index contributed by atoms with van der Waals surface area (Å²) in [7, 11) is 0. The zero-order chi connectivity index (χ0) is 44.2. The highest BCUT2D eigenvalue weighted by molar-refractivity contribution is 6.12. The first-order valence-electron chi connectivity index (χ1n) is 22.5. The summed E-state index contributed by atoms with van der Waals surface area (Å²) in [5.41, 5.74) is 12.9. The molecule has 65 heavy (non-hydrogen) atoms. The van der Waals surface area contributed by atoms with E-state index < -0.39 is 0 Å². The minimum atomic E-state index is -0.0343. The van der Waals surface area contributed by atoms with E-state index in [1.165, 1.54) is 32.7 Å². The van der Waals surface area contributed by atoms with Crippen molar-refractivity contribution < 1.29 is 0 Å². The second kappa shape index (κ2) is 14.3. The molecule has 0 saturated heterocycles. The van der Waals surface area contributed by atoms with Crippen molar-refractivity contribution in [2.45, 2.75) is 52.4 Å². The van der Waals surface area contributed by atoms with Gasteiger partial charge in [-0.1, -0.05) is 163 Å². The number of para-hydroxylation sites is 6. The molecule has 0 fully saturated rings. The lowest BCUT2D eigenvalue weighted by atomic mass is 9.86. The zero-order valence-corrected chi connectivity index (χ0v) is 37.5. The van der Waals surface area contributed by atoms with Crippen LogP contribution in [0.3, 0.4) is 0 Å². The first-order chi connectivity index (χ1) is 31.5. The molecule has 0 aliphatic carbocycles. The van der Waals surface area contributed by atoms with E-state index in [1.54, 1.807) is 0 Å². The van der Waals surface area contributed by atoms with Crippen LogP contribution in [0.5, 0.6) is 0 Å². The summed E-state index contributed by atoms with van der Waals surface area (Å²) in [4.78, 5) is 16.6. The fourth-order valence-electron chi connectivity index (χ4n) is 9.95. The lowest BCUT2D eigenvalue weighted by molar-refractivity contribution is 0.590. The van der Waals surface area contributed by atoms with Gasteiger partial charge in [0.2, 0.25) is 5.95 Å². The van der Waals surface area contributed by atoms with Gasteiger partial charge in [-0.05, 0) is 82.6 Å². The molecule has 0 aliphatic heterocycles. The van der Waals surface area contributed by atoms with Crippen molar-refractivity contribution in [3.8, 4) is 40.1 Å². The van der Waals surface area contributed by atoms with Crippen molar-refractivity contribution in [1.29, 1.82) is 0 Å². The van der Waals surface area contributed by atoms with Gasteiger partial charge in [-0.2, -0.15) is 9.97 Å². The highest BCUT2D eigenvalue weighted by atomic mass is 15.2. The number of benzene rings is 8. The first-order valence-corrected chi connectivity index (χ1v) is 22.5. The van der Waals surface area contributed by atoms with Crippen molar-refractivity contribution in [2.75, 3.05) is 0 Å². The van der Waals surface area contributed by atoms with E-state index in [1.807, 2.05) is 0 Å². The largest absolute Gasteiger partial charge is 0.308 e. The van der Waals surface area contributed by atoms with Crippen LogP contribution in [0.4, 0.5) is 0 Å². The predicted molar refractivity (Wildman–Crippen MR) is 271 cm³/mol. The van der Waals surface area contributed by atoms with Crippen molar-refractivity contribution in [3.05, 3.63) is 193 Å². The molecule has 6 heteroatoms. The number of hydrogen-bond donors (Lipinski definition) is 0. The van der Waals surface area contributed by atoms with Gasteiger partial charge in [0, 0.05) is 43.4 Å². The summed E-state index contributed by atoms with van der Waals surface area (Å²) >= 11 is 0. The van der Waals surface area contributed by atoms with Crippen LogP contribution in [0, 0.1) is 0 Å². The average molecular weight is 841 g/mol. The summed E-state index contributed by atoms with van der Waals surface area (Å²) in [6, 6.07) is 65.5. The Morgan fingerprint density at radius 1 is 0.308 bits per heavy atom. The van der Waals surface area contributed by atoms with E-state index in [2.05, 4.69) is 237 Å². The number of nitrogens with zero attached hydrogens (tertiary/aromatic N) is 6. The Morgan fingerprint density at radius 3 is 1.02 bits per heavy atom. The molecular weight excluding hydrogens is 793 g/mol. The Hall–Kier alpha value is -7.83. The van der Waals surface area contributed by atoms with Gasteiger partial charge >= 0.3 is 0 Å². The van der Waals surface area contributed by atoms with E-state index >= 15 is 0 Å². The highest BCUT2D eigenvalue weighted by Crippen LogP contribution is 2.41. The monoisotopic (exact) mass is 840 g/mol. The maximum absolute atomic E-state index is 5.56. The minimum Gasteiger partial charge on any atom is -0.308 e. The number of aromatic nitrogens is 6. The molecule has 314 valence electrons. The van der Waals surface area contributed by atoms with Gasteiger partial charge in [-0.3, -0.25) is 4.57 Å². The van der Waals surface area contributed by atoms with Crippen LogP contribution in [0.25, 0.3) is 106 Å². The minimum absolute atomic E-state index is 0.0343. The normalized spacial score (nSPS) is 12.5. The molecule has 0 spiro atoms. The van der Waals surface area contributed by atoms with Gasteiger partial charge in [-0.25, -0.2) is 4.98 Å². The molecule has 12 aromatic rings. The SMILES string of the molecule is CC(C)(C)c1ccc2c3ccccc3n(-c3ccccc3-c3nc(-c4ccccc4-n4c5ccccc5c5ccc(C(C)(C)C)cc54)nc(-n4c5ccccc5c5ccccc54)n3)c2c1. The van der Waals surface area contributed by atoms with Gasteiger partial charge in [0.25, 0.3) is 0 Å². The predicted octanol–water partition coefficient (Wildman–Crippen LogP) is 15.1. The Morgan fingerprint density at radius 2 is 0.631 bits per heavy atom. The topological polar surface area (TPSA) is 53.5 Å². The van der Waals surface area contributed by atoms with Crippen LogP contribution in [-0.4, -0.2) is 28.7 Å². The van der Waals surface area contributed by atoms with Crippen molar-refractivity contribution >= 4 is 65.4 Å². The standard InChI is InChI=1S/C59H48N6/c1-58(2,3)37-31-33-43-41-21-7-13-25-47(41)63(53(43)35-37)51-29-17-11-23-45(51)55-60-56(62-57(61-55)65-49-27-15-9-19-39(49)40-20-10-16-28-50(40)65)46-24-12-18-30-52(46)64-48-26-14-8-22-42(48)44-34-32-38(36-54(44)64)59(4,5)6/h7-36H,1-6H3. The lowest BCUT2D eigenvalue weighted by Gasteiger charge is -2.20. The summed E-state index contributed by atoms with van der Waals surface area (Å²) in [5.74, 6) is 1.74. The van der Waals surface area contributed by atoms with Gasteiger partial charge in [0.1, 0.15) is 0 Å². The Bertz CT molecular complexity index is 3620. The Balaban J connectivity index is 1.17. The van der Waals surface area contributed by atoms with E-state index in [9.17, 15) is 0 Å². The van der Waals surface area contributed by atoms with Crippen LogP contribution < -0.4 is 0 Å². The summed E-state index contributed by atoms with van der Waals surface area (Å²) in [6.07, 6.45) is 0. The molecule has 0 amide bonds. The second-order valence-electron chi connectivity index (χ2n) is 19.4. The Labute approximate surface area is 378 Å². The van der Waals surface area contributed by atoms with Crippen molar-refractivity contribution in [3.63, 3.8) is 0 Å². The van der Waals surface area contributed by atoms with Crippen molar-refractivity contribution in [2.24, 2.45) is 0 Å². The maximum Gasteiger partial charge on any atom is 0.238 e. The summed E-state index contributed by atoms with van der Waals surface area (Å²) in [6.45, 7) is 13.7. The molecule has 0 aliphatic rings. The molecular formula is C59H48N6. The van der Waals surface area contributed by atoms with E-state index in [4.69, 9.17) is 15.0 Å². The van der Waals surface area contributed by atoms with Gasteiger partial charge < -0.3 is 9.13 Å². The maximum atomic E-state index is 5.56. The number of fused-ring (bicyclic) bond motifs is 9. The number of rotatable bonds is 5. The number of hydrogen-bond acceptors (Lipinski definition) is 3. The molecule has 0 saturated carbocycles. The van der Waals surface area contributed by atoms with Crippen LogP contribution >= 0.6 is 0 Å². The molecule has 0 N–H and O–H groups in total. The van der Waals surface area contributed by atoms with Gasteiger partial charge in [0.15, 0.2) is 11.6 Å². The first kappa shape index (κ1) is 38.8. The molecule has 12 rings (SSSR count). The van der Waals surface area contributed by atoms with Crippen LogP contribution in [-0.2, 0) is 10.8 Å². The molecule has 0 unspecified atom stereocenters. The highest BCUT2D eigenvalue weighted by Gasteiger charge is 2.25. The molecule has 0 radical (unpaired) electrons. The molecule has 8 aromatic carbocycles. The summed E-state index contributed by atoms with van der Waals surface area (Å²) < 4.78 is 7.01. The summed E-state index contributed by atoms with van der Waals surface area (Å²) in [5, 5.41) is 7.12. The van der Waals surface area contributed by atoms with Gasteiger partial charge in [0.05, 0.1) is 44.5 Å². The van der Waals surface area contributed by atoms with Crippen LogP contribution in [0.1, 0.15) is 52.7 Å². The smallest absolute Gasteiger partial charge is 0.238 e. The average Bonchev–Trinajstić information content (AvgIpc) is 3.96. The molecule has 0 atom stereocenters. The van der Waals surface area contributed by atoms with Crippen molar-refractivity contribution in [1.82, 2.24) is 28.7 Å². The zero-order valence-electron chi connectivity index (χ0n) is 37.5. The van der Waals surface area contributed by atoms with E-state index in [0.29, 0.717) is 17.6 Å². The molecule has 4 aromatic heterocycles. The van der Waals surface area contributed by atoms with E-state index in [0.717, 1.165) is 66.4 Å². The fourth-order valence-corrected chi connectivity index (χ4v) is 9.95. The van der Waals surface area contributed by atoms with Crippen LogP contribution in [0.2, 0.25) is 0 Å². The third-order valence-corrected chi connectivity index (χ3v) is 13.3. The molecule has 0 bridgehead atoms. The third-order valence-electron chi connectivity index (χ3n) is 13.3. The third kappa shape index (κ3) is 6.12.